The van der Waals surface area contributed by atoms with Crippen molar-refractivity contribution >= 4 is 17.3 Å². The van der Waals surface area contributed by atoms with E-state index in [0.717, 1.165) is 25.8 Å². The highest BCUT2D eigenvalue weighted by molar-refractivity contribution is 5.95. The zero-order valence-electron chi connectivity index (χ0n) is 11.4. The molecule has 6 heteroatoms. The van der Waals surface area contributed by atoms with E-state index in [-0.39, 0.29) is 11.3 Å². The van der Waals surface area contributed by atoms with Crippen LogP contribution in [-0.2, 0) is 0 Å². The molecule has 1 aliphatic rings. The minimum atomic E-state index is -1.05. The summed E-state index contributed by atoms with van der Waals surface area (Å²) in [5.74, 6) is -0.464. The van der Waals surface area contributed by atoms with Crippen molar-refractivity contribution < 1.29 is 14.8 Å². The first kappa shape index (κ1) is 14.3. The van der Waals surface area contributed by atoms with Gasteiger partial charge in [-0.3, -0.25) is 10.1 Å². The number of carboxylic acids is 1. The molecule has 2 rings (SSSR count). The van der Waals surface area contributed by atoms with Gasteiger partial charge in [0.2, 0.25) is 0 Å². The Morgan fingerprint density at radius 3 is 2.70 bits per heavy atom. The third kappa shape index (κ3) is 3.26. The number of non-ortho nitro benzene ring substituents is 1. The fourth-order valence-electron chi connectivity index (χ4n) is 2.27. The molecule has 0 amide bonds. The van der Waals surface area contributed by atoms with E-state index >= 15 is 0 Å². The molecule has 0 heterocycles. The lowest BCUT2D eigenvalue weighted by Gasteiger charge is -2.25. The van der Waals surface area contributed by atoms with Gasteiger partial charge in [0.25, 0.3) is 5.69 Å². The number of carbonyl (C=O) groups is 1. The maximum Gasteiger partial charge on any atom is 0.337 e. The smallest absolute Gasteiger partial charge is 0.337 e. The van der Waals surface area contributed by atoms with E-state index in [1.807, 2.05) is 11.8 Å². The lowest BCUT2D eigenvalue weighted by molar-refractivity contribution is -0.384. The van der Waals surface area contributed by atoms with Gasteiger partial charge in [0, 0.05) is 25.2 Å². The second kappa shape index (κ2) is 5.90. The summed E-state index contributed by atoms with van der Waals surface area (Å²) in [6.07, 6.45) is 3.17. The SMILES string of the molecule is CCCN(CC1CC1)c1cc([N+](=O)[O-])ccc1C(=O)O. The van der Waals surface area contributed by atoms with E-state index in [1.54, 1.807) is 0 Å². The lowest BCUT2D eigenvalue weighted by atomic mass is 10.1. The lowest BCUT2D eigenvalue weighted by Crippen LogP contribution is -2.28. The van der Waals surface area contributed by atoms with Gasteiger partial charge in [0.1, 0.15) is 0 Å². The summed E-state index contributed by atoms with van der Waals surface area (Å²) >= 11 is 0. The van der Waals surface area contributed by atoms with E-state index in [9.17, 15) is 20.0 Å². The van der Waals surface area contributed by atoms with Crippen LogP contribution in [0.1, 0.15) is 36.5 Å². The van der Waals surface area contributed by atoms with Crippen LogP contribution in [0.25, 0.3) is 0 Å². The first-order valence-corrected chi connectivity index (χ1v) is 6.79. The molecule has 20 heavy (non-hydrogen) atoms. The molecule has 0 aliphatic heterocycles. The van der Waals surface area contributed by atoms with Crippen LogP contribution in [0.2, 0.25) is 0 Å². The Balaban J connectivity index is 2.39. The molecule has 1 fully saturated rings. The van der Waals surface area contributed by atoms with E-state index < -0.39 is 10.9 Å². The Morgan fingerprint density at radius 1 is 1.50 bits per heavy atom. The van der Waals surface area contributed by atoms with Gasteiger partial charge >= 0.3 is 5.97 Å². The molecule has 1 aromatic rings. The second-order valence-corrected chi connectivity index (χ2v) is 5.15. The van der Waals surface area contributed by atoms with Crippen LogP contribution >= 0.6 is 0 Å². The molecule has 1 saturated carbocycles. The predicted molar refractivity (Wildman–Crippen MR) is 75.3 cm³/mol. The summed E-state index contributed by atoms with van der Waals surface area (Å²) in [6, 6.07) is 3.95. The van der Waals surface area contributed by atoms with Crippen LogP contribution in [0.15, 0.2) is 18.2 Å². The number of benzene rings is 1. The maximum atomic E-state index is 11.3. The standard InChI is InChI=1S/C14H18N2O4/c1-2-7-15(9-10-3-4-10)13-8-11(16(19)20)5-6-12(13)14(17)18/h5-6,8,10H,2-4,7,9H2,1H3,(H,17,18). The van der Waals surface area contributed by atoms with E-state index in [0.29, 0.717) is 18.2 Å². The summed E-state index contributed by atoms with van der Waals surface area (Å²) in [5.41, 5.74) is 0.520. The summed E-state index contributed by atoms with van der Waals surface area (Å²) in [5, 5.41) is 20.2. The van der Waals surface area contributed by atoms with Crippen LogP contribution in [-0.4, -0.2) is 29.1 Å². The second-order valence-electron chi connectivity index (χ2n) is 5.15. The van der Waals surface area contributed by atoms with Crippen LogP contribution in [0, 0.1) is 16.0 Å². The minimum absolute atomic E-state index is 0.0677. The zero-order chi connectivity index (χ0) is 14.7. The number of hydrogen-bond donors (Lipinski definition) is 1. The normalized spacial score (nSPS) is 14.1. The molecule has 1 aromatic carbocycles. The predicted octanol–water partition coefficient (Wildman–Crippen LogP) is 2.92. The Labute approximate surface area is 117 Å². The highest BCUT2D eigenvalue weighted by Gasteiger charge is 2.27. The summed E-state index contributed by atoms with van der Waals surface area (Å²) in [6.45, 7) is 3.49. The van der Waals surface area contributed by atoms with Crippen molar-refractivity contribution in [2.45, 2.75) is 26.2 Å². The van der Waals surface area contributed by atoms with Crippen LogP contribution < -0.4 is 4.90 Å². The van der Waals surface area contributed by atoms with Crippen molar-refractivity contribution in [1.29, 1.82) is 0 Å². The molecular formula is C14H18N2O4. The van der Waals surface area contributed by atoms with Gasteiger partial charge in [-0.2, -0.15) is 0 Å². The molecular weight excluding hydrogens is 260 g/mol. The minimum Gasteiger partial charge on any atom is -0.478 e. The summed E-state index contributed by atoms with van der Waals surface area (Å²) < 4.78 is 0. The van der Waals surface area contributed by atoms with Crippen molar-refractivity contribution in [1.82, 2.24) is 0 Å². The summed E-state index contributed by atoms with van der Waals surface area (Å²) in [7, 11) is 0. The van der Waals surface area contributed by atoms with Gasteiger partial charge < -0.3 is 10.0 Å². The molecule has 0 atom stereocenters. The van der Waals surface area contributed by atoms with Gasteiger partial charge in [-0.15, -0.1) is 0 Å². The molecule has 108 valence electrons. The molecule has 0 bridgehead atoms. The number of anilines is 1. The van der Waals surface area contributed by atoms with E-state index in [4.69, 9.17) is 0 Å². The van der Waals surface area contributed by atoms with Gasteiger partial charge in [-0.05, 0) is 31.2 Å². The van der Waals surface area contributed by atoms with Crippen molar-refractivity contribution in [2.24, 2.45) is 5.92 Å². The van der Waals surface area contributed by atoms with Crippen molar-refractivity contribution in [3.05, 3.63) is 33.9 Å². The average Bonchev–Trinajstić information content (AvgIpc) is 3.21. The van der Waals surface area contributed by atoms with E-state index in [2.05, 4.69) is 0 Å². The first-order chi connectivity index (χ1) is 9.52. The van der Waals surface area contributed by atoms with Gasteiger partial charge in [-0.25, -0.2) is 4.79 Å². The highest BCUT2D eigenvalue weighted by Crippen LogP contribution is 2.34. The van der Waals surface area contributed by atoms with Crippen molar-refractivity contribution in [3.63, 3.8) is 0 Å². The molecule has 6 nitrogen and oxygen atoms in total. The Morgan fingerprint density at radius 2 is 2.20 bits per heavy atom. The number of rotatable bonds is 7. The number of nitro groups is 1. The zero-order valence-corrected chi connectivity index (χ0v) is 11.4. The molecule has 0 aromatic heterocycles. The molecule has 0 radical (unpaired) electrons. The van der Waals surface area contributed by atoms with Crippen molar-refractivity contribution in [3.8, 4) is 0 Å². The molecule has 0 spiro atoms. The number of aromatic carboxylic acids is 1. The van der Waals surface area contributed by atoms with Gasteiger partial charge in [0.15, 0.2) is 0 Å². The largest absolute Gasteiger partial charge is 0.478 e. The van der Waals surface area contributed by atoms with Crippen molar-refractivity contribution in [2.75, 3.05) is 18.0 Å². The maximum absolute atomic E-state index is 11.3. The fraction of sp³-hybridized carbons (Fsp3) is 0.500. The molecule has 1 N–H and O–H groups in total. The third-order valence-corrected chi connectivity index (χ3v) is 3.43. The topological polar surface area (TPSA) is 83.7 Å². The molecule has 0 unspecified atom stereocenters. The van der Waals surface area contributed by atoms with Gasteiger partial charge in [0.05, 0.1) is 16.2 Å². The molecule has 1 aliphatic carbocycles. The number of nitro benzene ring substituents is 1. The monoisotopic (exact) mass is 278 g/mol. The number of carboxylic acid groups (broad SMARTS) is 1. The highest BCUT2D eigenvalue weighted by atomic mass is 16.6. The van der Waals surface area contributed by atoms with Crippen LogP contribution in [0.5, 0.6) is 0 Å². The number of hydrogen-bond acceptors (Lipinski definition) is 4. The molecule has 0 saturated heterocycles. The Kier molecular flexibility index (Phi) is 4.22. The first-order valence-electron chi connectivity index (χ1n) is 6.79. The average molecular weight is 278 g/mol. The fourth-order valence-corrected chi connectivity index (χ4v) is 2.27. The number of nitrogens with zero attached hydrogens (tertiary/aromatic N) is 2. The quantitative estimate of drug-likeness (QED) is 0.612. The van der Waals surface area contributed by atoms with Crippen LogP contribution in [0.3, 0.4) is 0 Å². The summed E-state index contributed by atoms with van der Waals surface area (Å²) in [4.78, 5) is 23.7. The van der Waals surface area contributed by atoms with Crippen LogP contribution in [0.4, 0.5) is 11.4 Å². The Bertz CT molecular complexity index is 526. The van der Waals surface area contributed by atoms with E-state index in [1.165, 1.54) is 18.2 Å². The van der Waals surface area contributed by atoms with Gasteiger partial charge in [-0.1, -0.05) is 6.92 Å². The Hall–Kier alpha value is -2.11. The third-order valence-electron chi connectivity index (χ3n) is 3.43.